The lowest BCUT2D eigenvalue weighted by molar-refractivity contribution is -0.384. The molecule has 2 aliphatic rings. The molecular weight excluding hydrogens is 394 g/mol. The zero-order valence-corrected chi connectivity index (χ0v) is 17.8. The molecule has 7 heteroatoms. The van der Waals surface area contributed by atoms with E-state index >= 15 is 0 Å². The summed E-state index contributed by atoms with van der Waals surface area (Å²) in [6.07, 6.45) is 2.06. The Balaban J connectivity index is 1.61. The van der Waals surface area contributed by atoms with Gasteiger partial charge in [-0.15, -0.1) is 0 Å². The molecule has 2 aromatic carbocycles. The number of rotatable bonds is 6. The molecule has 31 heavy (non-hydrogen) atoms. The Hall–Kier alpha value is -3.22. The van der Waals surface area contributed by atoms with E-state index in [9.17, 15) is 19.7 Å². The molecule has 0 aromatic heterocycles. The molecular formula is C24H27N3O4. The highest BCUT2D eigenvalue weighted by Gasteiger charge is 2.45. The van der Waals surface area contributed by atoms with Gasteiger partial charge in [-0.1, -0.05) is 50.2 Å². The highest BCUT2D eigenvalue weighted by Crippen LogP contribution is 2.32. The highest BCUT2D eigenvalue weighted by molar-refractivity contribution is 5.97. The molecule has 0 radical (unpaired) electrons. The predicted octanol–water partition coefficient (Wildman–Crippen LogP) is 3.25. The van der Waals surface area contributed by atoms with Crippen LogP contribution in [-0.2, 0) is 29.0 Å². The minimum Gasteiger partial charge on any atom is -0.342 e. The molecule has 1 fully saturated rings. The van der Waals surface area contributed by atoms with Gasteiger partial charge >= 0.3 is 0 Å². The average molecular weight is 421 g/mol. The number of non-ortho nitro benzene ring substituents is 1. The van der Waals surface area contributed by atoms with Crippen LogP contribution in [0.2, 0.25) is 0 Å². The molecule has 1 N–H and O–H groups in total. The van der Waals surface area contributed by atoms with Crippen molar-refractivity contribution < 1.29 is 14.5 Å². The summed E-state index contributed by atoms with van der Waals surface area (Å²) in [4.78, 5) is 39.0. The van der Waals surface area contributed by atoms with E-state index in [2.05, 4.69) is 17.4 Å². The molecule has 1 aliphatic heterocycles. The van der Waals surface area contributed by atoms with Crippen LogP contribution in [0.1, 0.15) is 37.0 Å². The van der Waals surface area contributed by atoms with Crippen LogP contribution in [0, 0.1) is 22.0 Å². The Labute approximate surface area is 181 Å². The molecule has 7 nitrogen and oxygen atoms in total. The van der Waals surface area contributed by atoms with Gasteiger partial charge in [0, 0.05) is 18.7 Å². The Morgan fingerprint density at radius 1 is 1.10 bits per heavy atom. The van der Waals surface area contributed by atoms with Crippen LogP contribution in [0.4, 0.5) is 5.69 Å². The SMILES string of the molecule is CC(C)C[C@@H]1C(=O)N[C@H](C2Cc3ccccc3C2)C(=O)N1Cc1cccc([N+](=O)[O-])c1. The summed E-state index contributed by atoms with van der Waals surface area (Å²) < 4.78 is 0. The van der Waals surface area contributed by atoms with Crippen LogP contribution < -0.4 is 5.32 Å². The number of carbonyl (C=O) groups excluding carboxylic acids is 2. The summed E-state index contributed by atoms with van der Waals surface area (Å²) in [6.45, 7) is 4.22. The van der Waals surface area contributed by atoms with Crippen LogP contribution in [-0.4, -0.2) is 33.7 Å². The summed E-state index contributed by atoms with van der Waals surface area (Å²) in [6, 6.07) is 13.3. The van der Waals surface area contributed by atoms with E-state index in [1.54, 1.807) is 17.0 Å². The number of carbonyl (C=O) groups is 2. The van der Waals surface area contributed by atoms with Crippen molar-refractivity contribution in [2.45, 2.75) is 51.7 Å². The van der Waals surface area contributed by atoms with Gasteiger partial charge in [-0.3, -0.25) is 19.7 Å². The van der Waals surface area contributed by atoms with Gasteiger partial charge in [0.15, 0.2) is 0 Å². The molecule has 0 bridgehead atoms. The summed E-state index contributed by atoms with van der Waals surface area (Å²) >= 11 is 0. The number of hydrogen-bond acceptors (Lipinski definition) is 4. The van der Waals surface area contributed by atoms with Crippen LogP contribution in [0.5, 0.6) is 0 Å². The van der Waals surface area contributed by atoms with E-state index in [0.29, 0.717) is 12.0 Å². The topological polar surface area (TPSA) is 92.6 Å². The minimum atomic E-state index is -0.581. The summed E-state index contributed by atoms with van der Waals surface area (Å²) in [5, 5.41) is 14.2. The number of nitro groups is 1. The predicted molar refractivity (Wildman–Crippen MR) is 116 cm³/mol. The van der Waals surface area contributed by atoms with Crippen molar-refractivity contribution in [1.82, 2.24) is 10.2 Å². The lowest BCUT2D eigenvalue weighted by Crippen LogP contribution is -2.65. The summed E-state index contributed by atoms with van der Waals surface area (Å²) in [5.41, 5.74) is 3.09. The van der Waals surface area contributed by atoms with E-state index in [4.69, 9.17) is 0 Å². The first-order valence-corrected chi connectivity index (χ1v) is 10.7. The van der Waals surface area contributed by atoms with Gasteiger partial charge in [0.1, 0.15) is 12.1 Å². The lowest BCUT2D eigenvalue weighted by atomic mass is 9.90. The normalized spacial score (nSPS) is 21.3. The Kier molecular flexibility index (Phi) is 5.76. The molecule has 162 valence electrons. The average Bonchev–Trinajstić information content (AvgIpc) is 3.17. The monoisotopic (exact) mass is 421 g/mol. The van der Waals surface area contributed by atoms with Crippen molar-refractivity contribution in [1.29, 1.82) is 0 Å². The van der Waals surface area contributed by atoms with Gasteiger partial charge in [-0.05, 0) is 47.8 Å². The number of nitrogens with one attached hydrogen (secondary N) is 1. The van der Waals surface area contributed by atoms with Crippen molar-refractivity contribution in [2.24, 2.45) is 11.8 Å². The standard InChI is InChI=1S/C24H27N3O4/c1-15(2)10-21-23(28)25-22(19-12-17-7-3-4-8-18(17)13-19)24(29)26(21)14-16-6-5-9-20(11-16)27(30)31/h3-9,11,15,19,21-22H,10,12-14H2,1-2H3,(H,25,28)/t21-,22-/m1/s1. The fourth-order valence-corrected chi connectivity index (χ4v) is 4.77. The molecule has 1 aliphatic carbocycles. The highest BCUT2D eigenvalue weighted by atomic mass is 16.6. The minimum absolute atomic E-state index is 0.0152. The molecule has 2 aromatic rings. The quantitative estimate of drug-likeness (QED) is 0.572. The van der Waals surface area contributed by atoms with Gasteiger partial charge in [-0.2, -0.15) is 0 Å². The molecule has 1 saturated heterocycles. The maximum Gasteiger partial charge on any atom is 0.269 e. The van der Waals surface area contributed by atoms with Gasteiger partial charge in [-0.25, -0.2) is 0 Å². The van der Waals surface area contributed by atoms with Crippen molar-refractivity contribution in [3.8, 4) is 0 Å². The van der Waals surface area contributed by atoms with Crippen molar-refractivity contribution in [3.05, 3.63) is 75.3 Å². The number of piperazine rings is 1. The smallest absolute Gasteiger partial charge is 0.269 e. The van der Waals surface area contributed by atoms with Crippen LogP contribution >= 0.6 is 0 Å². The summed E-state index contributed by atoms with van der Waals surface area (Å²) in [5.74, 6) is -0.000784. The van der Waals surface area contributed by atoms with E-state index < -0.39 is 17.0 Å². The first-order chi connectivity index (χ1) is 14.8. The molecule has 0 saturated carbocycles. The third-order valence-electron chi connectivity index (χ3n) is 6.25. The van der Waals surface area contributed by atoms with Gasteiger partial charge < -0.3 is 10.2 Å². The van der Waals surface area contributed by atoms with Gasteiger partial charge in [0.05, 0.1) is 4.92 Å². The molecule has 1 heterocycles. The zero-order valence-electron chi connectivity index (χ0n) is 17.8. The largest absolute Gasteiger partial charge is 0.342 e. The molecule has 2 amide bonds. The first-order valence-electron chi connectivity index (χ1n) is 10.7. The number of amides is 2. The molecule has 0 unspecified atom stereocenters. The molecule has 0 spiro atoms. The first kappa shape index (κ1) is 21.0. The Morgan fingerprint density at radius 3 is 2.39 bits per heavy atom. The third-order valence-corrected chi connectivity index (χ3v) is 6.25. The number of nitro benzene ring substituents is 1. The van der Waals surface area contributed by atoms with E-state index in [1.165, 1.54) is 23.3 Å². The van der Waals surface area contributed by atoms with E-state index in [1.807, 2.05) is 26.0 Å². The number of benzene rings is 2. The lowest BCUT2D eigenvalue weighted by Gasteiger charge is -2.41. The van der Waals surface area contributed by atoms with Crippen molar-refractivity contribution in [3.63, 3.8) is 0 Å². The second kappa shape index (κ2) is 8.49. The van der Waals surface area contributed by atoms with Crippen LogP contribution in [0.3, 0.4) is 0 Å². The molecule has 2 atom stereocenters. The molecule has 4 rings (SSSR count). The Bertz CT molecular complexity index is 994. The van der Waals surface area contributed by atoms with Gasteiger partial charge in [0.2, 0.25) is 11.8 Å². The Morgan fingerprint density at radius 2 is 1.77 bits per heavy atom. The van der Waals surface area contributed by atoms with E-state index in [-0.39, 0.29) is 35.9 Å². The summed E-state index contributed by atoms with van der Waals surface area (Å²) in [7, 11) is 0. The van der Waals surface area contributed by atoms with Crippen LogP contribution in [0.15, 0.2) is 48.5 Å². The van der Waals surface area contributed by atoms with Crippen molar-refractivity contribution in [2.75, 3.05) is 0 Å². The number of nitrogens with zero attached hydrogens (tertiary/aromatic N) is 2. The maximum absolute atomic E-state index is 13.6. The number of hydrogen-bond donors (Lipinski definition) is 1. The number of fused-ring (bicyclic) bond motifs is 1. The van der Waals surface area contributed by atoms with Gasteiger partial charge in [0.25, 0.3) is 5.69 Å². The third kappa shape index (κ3) is 4.31. The maximum atomic E-state index is 13.6. The van der Waals surface area contributed by atoms with Crippen molar-refractivity contribution >= 4 is 17.5 Å². The second-order valence-corrected chi connectivity index (χ2v) is 8.96. The zero-order chi connectivity index (χ0) is 22.1. The fourth-order valence-electron chi connectivity index (χ4n) is 4.77. The second-order valence-electron chi connectivity index (χ2n) is 8.96. The fraction of sp³-hybridized carbons (Fsp3) is 0.417. The van der Waals surface area contributed by atoms with Crippen LogP contribution in [0.25, 0.3) is 0 Å². The van der Waals surface area contributed by atoms with E-state index in [0.717, 1.165) is 12.8 Å².